The summed E-state index contributed by atoms with van der Waals surface area (Å²) in [5.74, 6) is -1.30. The highest BCUT2D eigenvalue weighted by molar-refractivity contribution is 7.89. The molecule has 0 unspecified atom stereocenters. The molecule has 1 saturated heterocycles. The summed E-state index contributed by atoms with van der Waals surface area (Å²) in [6.07, 6.45) is 1.34. The van der Waals surface area contributed by atoms with Gasteiger partial charge in [-0.05, 0) is 31.9 Å². The predicted octanol–water partition coefficient (Wildman–Crippen LogP) is 0.690. The molecule has 116 valence electrons. The van der Waals surface area contributed by atoms with Crippen molar-refractivity contribution < 1.29 is 22.3 Å². The zero-order valence-electron chi connectivity index (χ0n) is 11.6. The van der Waals surface area contributed by atoms with Gasteiger partial charge in [0.25, 0.3) is 5.91 Å². The number of rotatable bonds is 3. The summed E-state index contributed by atoms with van der Waals surface area (Å²) in [4.78, 5) is 11.7. The standard InChI is InChI=1S/C13H17FN2O4S/c1-8-11(14)6-9(7-12(8)21(15,18)19)13(17)16-10-2-4-20-5-3-10/h6-7,10H,2-5H2,1H3,(H,16,17)(H2,15,18,19). The van der Waals surface area contributed by atoms with Gasteiger partial charge in [0, 0.05) is 30.4 Å². The highest BCUT2D eigenvalue weighted by Crippen LogP contribution is 2.20. The molecule has 0 saturated carbocycles. The summed E-state index contributed by atoms with van der Waals surface area (Å²) in [5, 5.41) is 7.78. The van der Waals surface area contributed by atoms with Crippen LogP contribution in [0.5, 0.6) is 0 Å². The number of nitrogens with one attached hydrogen (secondary N) is 1. The molecule has 8 heteroatoms. The lowest BCUT2D eigenvalue weighted by Gasteiger charge is -2.23. The van der Waals surface area contributed by atoms with Crippen molar-refractivity contribution in [3.8, 4) is 0 Å². The van der Waals surface area contributed by atoms with Gasteiger partial charge in [0.05, 0.1) is 4.90 Å². The zero-order valence-corrected chi connectivity index (χ0v) is 12.4. The lowest BCUT2D eigenvalue weighted by Crippen LogP contribution is -2.39. The van der Waals surface area contributed by atoms with Gasteiger partial charge in [-0.15, -0.1) is 0 Å². The largest absolute Gasteiger partial charge is 0.381 e. The van der Waals surface area contributed by atoms with Gasteiger partial charge in [-0.3, -0.25) is 4.79 Å². The van der Waals surface area contributed by atoms with Gasteiger partial charge in [0.15, 0.2) is 0 Å². The highest BCUT2D eigenvalue weighted by atomic mass is 32.2. The van der Waals surface area contributed by atoms with E-state index >= 15 is 0 Å². The fourth-order valence-corrected chi connectivity index (χ4v) is 3.01. The second-order valence-corrected chi connectivity index (χ2v) is 6.52. The van der Waals surface area contributed by atoms with E-state index in [4.69, 9.17) is 9.88 Å². The summed E-state index contributed by atoms with van der Waals surface area (Å²) >= 11 is 0. The Labute approximate surface area is 122 Å². The third-order valence-electron chi connectivity index (χ3n) is 3.42. The lowest BCUT2D eigenvalue weighted by atomic mass is 10.1. The molecule has 21 heavy (non-hydrogen) atoms. The van der Waals surface area contributed by atoms with Crippen LogP contribution in [0.3, 0.4) is 0 Å². The number of carbonyl (C=O) groups is 1. The van der Waals surface area contributed by atoms with Crippen LogP contribution in [0.1, 0.15) is 28.8 Å². The molecular weight excluding hydrogens is 299 g/mol. The smallest absolute Gasteiger partial charge is 0.251 e. The van der Waals surface area contributed by atoms with Crippen LogP contribution in [-0.4, -0.2) is 33.6 Å². The molecule has 1 aromatic carbocycles. The third kappa shape index (κ3) is 3.78. The SMILES string of the molecule is Cc1c(F)cc(C(=O)NC2CCOCC2)cc1S(N)(=O)=O. The minimum absolute atomic E-state index is 0.0615. The van der Waals surface area contributed by atoms with Crippen LogP contribution in [0.25, 0.3) is 0 Å². The topological polar surface area (TPSA) is 98.5 Å². The van der Waals surface area contributed by atoms with Crippen molar-refractivity contribution in [3.05, 3.63) is 29.1 Å². The molecule has 1 heterocycles. The monoisotopic (exact) mass is 316 g/mol. The van der Waals surface area contributed by atoms with Crippen LogP contribution in [0.15, 0.2) is 17.0 Å². The number of amides is 1. The van der Waals surface area contributed by atoms with Gasteiger partial charge in [0.1, 0.15) is 5.82 Å². The van der Waals surface area contributed by atoms with Crippen molar-refractivity contribution in [2.24, 2.45) is 5.14 Å². The van der Waals surface area contributed by atoms with Gasteiger partial charge < -0.3 is 10.1 Å². The highest BCUT2D eigenvalue weighted by Gasteiger charge is 2.21. The zero-order chi connectivity index (χ0) is 15.6. The average molecular weight is 316 g/mol. The maximum absolute atomic E-state index is 13.8. The molecule has 6 nitrogen and oxygen atoms in total. The number of ether oxygens (including phenoxy) is 1. The van der Waals surface area contributed by atoms with Crippen LogP contribution in [0, 0.1) is 12.7 Å². The quantitative estimate of drug-likeness (QED) is 0.857. The first kappa shape index (κ1) is 15.9. The van der Waals surface area contributed by atoms with Crippen molar-refractivity contribution in [1.29, 1.82) is 0 Å². The number of hydrogen-bond acceptors (Lipinski definition) is 4. The van der Waals surface area contributed by atoms with Gasteiger partial charge in [0.2, 0.25) is 10.0 Å². The maximum Gasteiger partial charge on any atom is 0.251 e. The van der Waals surface area contributed by atoms with E-state index in [2.05, 4.69) is 5.32 Å². The second kappa shape index (κ2) is 6.08. The van der Waals surface area contributed by atoms with E-state index in [9.17, 15) is 17.6 Å². The lowest BCUT2D eigenvalue weighted by molar-refractivity contribution is 0.0696. The van der Waals surface area contributed by atoms with Crippen LogP contribution >= 0.6 is 0 Å². The molecule has 3 N–H and O–H groups in total. The molecule has 0 radical (unpaired) electrons. The Hall–Kier alpha value is -1.51. The normalized spacial score (nSPS) is 16.7. The summed E-state index contributed by atoms with van der Waals surface area (Å²) in [6, 6.07) is 2.05. The van der Waals surface area contributed by atoms with E-state index in [0.29, 0.717) is 26.1 Å². The minimum Gasteiger partial charge on any atom is -0.381 e. The molecule has 1 aliphatic heterocycles. The van der Waals surface area contributed by atoms with Gasteiger partial charge in [-0.2, -0.15) is 0 Å². The molecule has 0 spiro atoms. The Morgan fingerprint density at radius 1 is 1.38 bits per heavy atom. The first-order valence-corrected chi connectivity index (χ1v) is 8.05. The van der Waals surface area contributed by atoms with Crippen molar-refractivity contribution in [2.45, 2.75) is 30.7 Å². The molecule has 0 aromatic heterocycles. The van der Waals surface area contributed by atoms with Crippen molar-refractivity contribution in [1.82, 2.24) is 5.32 Å². The fraction of sp³-hybridized carbons (Fsp3) is 0.462. The Bertz CT molecular complexity index is 654. The Morgan fingerprint density at radius 3 is 2.57 bits per heavy atom. The summed E-state index contributed by atoms with van der Waals surface area (Å²) in [5.41, 5.74) is -0.159. The molecule has 1 aliphatic rings. The Balaban J connectivity index is 2.27. The number of primary sulfonamides is 1. The van der Waals surface area contributed by atoms with Crippen LogP contribution < -0.4 is 10.5 Å². The fourth-order valence-electron chi connectivity index (χ4n) is 2.19. The van der Waals surface area contributed by atoms with Crippen molar-refractivity contribution in [3.63, 3.8) is 0 Å². The van der Waals surface area contributed by atoms with Crippen LogP contribution in [0.4, 0.5) is 4.39 Å². The van der Waals surface area contributed by atoms with E-state index in [-0.39, 0.29) is 22.1 Å². The molecule has 0 aliphatic carbocycles. The van der Waals surface area contributed by atoms with Crippen molar-refractivity contribution >= 4 is 15.9 Å². The number of nitrogens with two attached hydrogens (primary N) is 1. The first-order chi connectivity index (χ1) is 9.79. The van der Waals surface area contributed by atoms with E-state index in [1.807, 2.05) is 0 Å². The minimum atomic E-state index is -4.09. The number of carbonyl (C=O) groups excluding carboxylic acids is 1. The molecule has 1 fully saturated rings. The maximum atomic E-state index is 13.8. The van der Waals surface area contributed by atoms with E-state index in [1.165, 1.54) is 6.92 Å². The van der Waals surface area contributed by atoms with Crippen molar-refractivity contribution in [2.75, 3.05) is 13.2 Å². The molecular formula is C13H17FN2O4S. The molecule has 1 amide bonds. The van der Waals surface area contributed by atoms with E-state index in [1.54, 1.807) is 0 Å². The van der Waals surface area contributed by atoms with Gasteiger partial charge in [-0.25, -0.2) is 17.9 Å². The number of sulfonamides is 1. The average Bonchev–Trinajstić information content (AvgIpc) is 2.41. The first-order valence-electron chi connectivity index (χ1n) is 6.50. The van der Waals surface area contributed by atoms with Crippen LogP contribution in [-0.2, 0) is 14.8 Å². The summed E-state index contributed by atoms with van der Waals surface area (Å²) < 4.78 is 41.8. The molecule has 0 bridgehead atoms. The Morgan fingerprint density at radius 2 is 2.00 bits per heavy atom. The van der Waals surface area contributed by atoms with E-state index in [0.717, 1.165) is 12.1 Å². The molecule has 1 aromatic rings. The molecule has 0 atom stereocenters. The van der Waals surface area contributed by atoms with Gasteiger partial charge >= 0.3 is 0 Å². The Kier molecular flexibility index (Phi) is 4.60. The third-order valence-corrected chi connectivity index (χ3v) is 4.46. The number of halogens is 1. The summed E-state index contributed by atoms with van der Waals surface area (Å²) in [6.45, 7) is 2.40. The van der Waals surface area contributed by atoms with Gasteiger partial charge in [-0.1, -0.05) is 0 Å². The van der Waals surface area contributed by atoms with Crippen LogP contribution in [0.2, 0.25) is 0 Å². The summed E-state index contributed by atoms with van der Waals surface area (Å²) in [7, 11) is -4.09. The predicted molar refractivity (Wildman–Crippen MR) is 73.8 cm³/mol. The number of hydrogen-bond donors (Lipinski definition) is 2. The van der Waals surface area contributed by atoms with E-state index < -0.39 is 21.7 Å². The number of benzene rings is 1. The molecule has 2 rings (SSSR count). The second-order valence-electron chi connectivity index (χ2n) is 4.99.